The van der Waals surface area contributed by atoms with Gasteiger partial charge in [0.1, 0.15) is 17.8 Å². The van der Waals surface area contributed by atoms with E-state index in [1.54, 1.807) is 12.1 Å². The highest BCUT2D eigenvalue weighted by Gasteiger charge is 2.28. The minimum absolute atomic E-state index is 0.0816. The van der Waals surface area contributed by atoms with Crippen LogP contribution >= 0.6 is 0 Å². The Bertz CT molecular complexity index is 1300. The second-order valence-corrected chi connectivity index (χ2v) is 8.14. The summed E-state index contributed by atoms with van der Waals surface area (Å²) < 4.78 is 43.9. The first kappa shape index (κ1) is 21.4. The van der Waals surface area contributed by atoms with Crippen molar-refractivity contribution in [3.05, 3.63) is 36.7 Å². The van der Waals surface area contributed by atoms with Crippen molar-refractivity contribution < 1.29 is 17.9 Å². The van der Waals surface area contributed by atoms with Gasteiger partial charge in [0, 0.05) is 23.6 Å². The van der Waals surface area contributed by atoms with Crippen LogP contribution in [0.5, 0.6) is 5.88 Å². The Kier molecular flexibility index (Phi) is 5.49. The summed E-state index contributed by atoms with van der Waals surface area (Å²) in [5.74, 6) is 0.761. The summed E-state index contributed by atoms with van der Waals surface area (Å²) in [6.45, 7) is 1.33. The van der Waals surface area contributed by atoms with Crippen molar-refractivity contribution in [2.45, 2.75) is 25.6 Å². The zero-order chi connectivity index (χ0) is 23.0. The smallest absolute Gasteiger partial charge is 0.422 e. The molecule has 5 rings (SSSR count). The van der Waals surface area contributed by atoms with Gasteiger partial charge in [-0.2, -0.15) is 18.3 Å². The van der Waals surface area contributed by atoms with Crippen molar-refractivity contribution in [2.24, 2.45) is 5.92 Å². The number of halogens is 3. The van der Waals surface area contributed by atoms with E-state index in [0.29, 0.717) is 34.0 Å². The average molecular weight is 457 g/mol. The molecule has 172 valence electrons. The third-order valence-electron chi connectivity index (χ3n) is 5.77. The standard InChI is InChI=1S/C22H22F3N7O/c23-22(24,25)11-33-17-4-2-14-9-15(1-3-16(14)30-17)19-18-20(26)28-12-29-21(18)32(31-19)10-13-5-7-27-8-6-13/h1-4,9,12-13,27H,5-8,10-11H2,(H2,26,28,29). The molecule has 1 fully saturated rings. The van der Waals surface area contributed by atoms with Crippen molar-refractivity contribution >= 4 is 27.8 Å². The van der Waals surface area contributed by atoms with E-state index in [1.165, 1.54) is 12.4 Å². The molecule has 0 spiro atoms. The molecule has 0 unspecified atom stereocenters. The monoisotopic (exact) mass is 457 g/mol. The normalized spacial score (nSPS) is 15.4. The number of rotatable bonds is 5. The van der Waals surface area contributed by atoms with Crippen LogP contribution in [0.3, 0.4) is 0 Å². The van der Waals surface area contributed by atoms with E-state index in [1.807, 2.05) is 16.8 Å². The van der Waals surface area contributed by atoms with Crippen LogP contribution in [-0.2, 0) is 6.54 Å². The fourth-order valence-electron chi connectivity index (χ4n) is 4.16. The van der Waals surface area contributed by atoms with Gasteiger partial charge in [-0.3, -0.25) is 0 Å². The topological polar surface area (TPSA) is 104 Å². The number of hydrogen-bond donors (Lipinski definition) is 2. The lowest BCUT2D eigenvalue weighted by molar-refractivity contribution is -0.154. The number of nitrogens with zero attached hydrogens (tertiary/aromatic N) is 5. The van der Waals surface area contributed by atoms with E-state index >= 15 is 0 Å². The fraction of sp³-hybridized carbons (Fsp3) is 0.364. The molecule has 0 atom stereocenters. The van der Waals surface area contributed by atoms with Gasteiger partial charge in [-0.1, -0.05) is 6.07 Å². The number of piperidine rings is 1. The van der Waals surface area contributed by atoms with Crippen molar-refractivity contribution in [1.82, 2.24) is 30.0 Å². The van der Waals surface area contributed by atoms with E-state index < -0.39 is 12.8 Å². The van der Waals surface area contributed by atoms with Crippen LogP contribution in [0.1, 0.15) is 12.8 Å². The predicted molar refractivity (Wildman–Crippen MR) is 118 cm³/mol. The molecule has 33 heavy (non-hydrogen) atoms. The molecule has 1 aliphatic rings. The number of anilines is 1. The van der Waals surface area contributed by atoms with E-state index in [2.05, 4.69) is 20.3 Å². The van der Waals surface area contributed by atoms with Crippen LogP contribution in [0.4, 0.5) is 19.0 Å². The summed E-state index contributed by atoms with van der Waals surface area (Å²) in [6.07, 6.45) is -0.847. The molecule has 0 amide bonds. The maximum absolute atomic E-state index is 12.4. The van der Waals surface area contributed by atoms with Crippen molar-refractivity contribution in [2.75, 3.05) is 25.4 Å². The molecule has 1 aliphatic heterocycles. The van der Waals surface area contributed by atoms with Crippen LogP contribution in [0.2, 0.25) is 0 Å². The Morgan fingerprint density at radius 2 is 1.94 bits per heavy atom. The van der Waals surface area contributed by atoms with Crippen molar-refractivity contribution in [3.8, 4) is 17.1 Å². The lowest BCUT2D eigenvalue weighted by Gasteiger charge is -2.22. The molecule has 0 radical (unpaired) electrons. The van der Waals surface area contributed by atoms with Crippen LogP contribution in [0.25, 0.3) is 33.2 Å². The summed E-state index contributed by atoms with van der Waals surface area (Å²) in [5, 5.41) is 9.63. The second-order valence-electron chi connectivity index (χ2n) is 8.14. The summed E-state index contributed by atoms with van der Waals surface area (Å²) in [6, 6.07) is 8.50. The van der Waals surface area contributed by atoms with Crippen LogP contribution < -0.4 is 15.8 Å². The maximum Gasteiger partial charge on any atom is 0.422 e. The van der Waals surface area contributed by atoms with Gasteiger partial charge in [0.2, 0.25) is 5.88 Å². The molecule has 1 aromatic carbocycles. The first-order valence-electron chi connectivity index (χ1n) is 10.7. The lowest BCUT2D eigenvalue weighted by Crippen LogP contribution is -2.30. The van der Waals surface area contributed by atoms with E-state index in [0.717, 1.165) is 43.4 Å². The third-order valence-corrected chi connectivity index (χ3v) is 5.77. The fourth-order valence-corrected chi connectivity index (χ4v) is 4.16. The summed E-state index contributed by atoms with van der Waals surface area (Å²) in [5.41, 5.74) is 8.87. The molecule has 1 saturated heterocycles. The zero-order valence-corrected chi connectivity index (χ0v) is 17.6. The van der Waals surface area contributed by atoms with Gasteiger partial charge in [-0.15, -0.1) is 0 Å². The number of pyridine rings is 1. The Morgan fingerprint density at radius 1 is 1.12 bits per heavy atom. The minimum atomic E-state index is -4.42. The quantitative estimate of drug-likeness (QED) is 0.472. The highest BCUT2D eigenvalue weighted by molar-refractivity contribution is 5.99. The Labute approximate surface area is 187 Å². The molecule has 3 N–H and O–H groups in total. The number of nitrogens with one attached hydrogen (secondary N) is 1. The maximum atomic E-state index is 12.4. The van der Waals surface area contributed by atoms with Gasteiger partial charge in [0.15, 0.2) is 12.3 Å². The zero-order valence-electron chi connectivity index (χ0n) is 17.6. The molecule has 4 aromatic rings. The number of nitrogens with two attached hydrogens (primary N) is 1. The van der Waals surface area contributed by atoms with Gasteiger partial charge < -0.3 is 15.8 Å². The summed E-state index contributed by atoms with van der Waals surface area (Å²) in [4.78, 5) is 12.8. The van der Waals surface area contributed by atoms with Gasteiger partial charge in [-0.25, -0.2) is 19.6 Å². The van der Waals surface area contributed by atoms with Crippen LogP contribution in [-0.4, -0.2) is 50.6 Å². The first-order chi connectivity index (χ1) is 15.9. The molecular formula is C22H22F3N7O. The molecule has 4 heterocycles. The number of ether oxygens (including phenoxy) is 1. The number of nitrogen functional groups attached to an aromatic ring is 1. The molecule has 8 nitrogen and oxygen atoms in total. The van der Waals surface area contributed by atoms with Crippen molar-refractivity contribution in [1.29, 1.82) is 0 Å². The molecule has 11 heteroatoms. The molecule has 0 saturated carbocycles. The Morgan fingerprint density at radius 3 is 2.73 bits per heavy atom. The van der Waals surface area contributed by atoms with Gasteiger partial charge in [-0.05, 0) is 50.0 Å². The number of alkyl halides is 3. The minimum Gasteiger partial charge on any atom is -0.468 e. The second kappa shape index (κ2) is 8.47. The highest BCUT2D eigenvalue weighted by Crippen LogP contribution is 2.33. The average Bonchev–Trinajstić information content (AvgIpc) is 3.17. The molecular weight excluding hydrogens is 435 g/mol. The lowest BCUT2D eigenvalue weighted by atomic mass is 9.98. The highest BCUT2D eigenvalue weighted by atomic mass is 19.4. The summed E-state index contributed by atoms with van der Waals surface area (Å²) >= 11 is 0. The predicted octanol–water partition coefficient (Wildman–Crippen LogP) is 3.56. The van der Waals surface area contributed by atoms with Crippen LogP contribution in [0, 0.1) is 5.92 Å². The largest absolute Gasteiger partial charge is 0.468 e. The first-order valence-corrected chi connectivity index (χ1v) is 10.7. The SMILES string of the molecule is Nc1ncnc2c1c(-c1ccc3nc(OCC(F)(F)F)ccc3c1)nn2CC1CCNCC1. The van der Waals surface area contributed by atoms with Gasteiger partial charge in [0.25, 0.3) is 0 Å². The molecule has 0 bridgehead atoms. The Hall–Kier alpha value is -3.47. The summed E-state index contributed by atoms with van der Waals surface area (Å²) in [7, 11) is 0. The molecule has 3 aromatic heterocycles. The van der Waals surface area contributed by atoms with E-state index in [4.69, 9.17) is 15.6 Å². The van der Waals surface area contributed by atoms with E-state index in [-0.39, 0.29) is 5.88 Å². The van der Waals surface area contributed by atoms with Crippen molar-refractivity contribution in [3.63, 3.8) is 0 Å². The number of aromatic nitrogens is 5. The molecule has 0 aliphatic carbocycles. The third kappa shape index (κ3) is 4.54. The van der Waals surface area contributed by atoms with Gasteiger partial charge in [0.05, 0.1) is 10.9 Å². The number of fused-ring (bicyclic) bond motifs is 2. The van der Waals surface area contributed by atoms with Crippen LogP contribution in [0.15, 0.2) is 36.7 Å². The Balaban J connectivity index is 1.50. The van der Waals surface area contributed by atoms with E-state index in [9.17, 15) is 13.2 Å². The number of hydrogen-bond acceptors (Lipinski definition) is 7. The van der Waals surface area contributed by atoms with Gasteiger partial charge >= 0.3 is 6.18 Å². The number of benzene rings is 1.